The van der Waals surface area contributed by atoms with Gasteiger partial charge in [0.25, 0.3) is 0 Å². The number of nitrogens with one attached hydrogen (secondary N) is 1. The van der Waals surface area contributed by atoms with Crippen molar-refractivity contribution in [1.82, 2.24) is 15.3 Å². The van der Waals surface area contributed by atoms with Crippen LogP contribution >= 0.6 is 31.9 Å². The van der Waals surface area contributed by atoms with E-state index in [2.05, 4.69) is 57.1 Å². The number of nitrogens with zero attached hydrogens (tertiary/aromatic N) is 4. The van der Waals surface area contributed by atoms with Gasteiger partial charge in [-0.1, -0.05) is 12.1 Å². The van der Waals surface area contributed by atoms with Gasteiger partial charge in [-0.2, -0.15) is 0 Å². The fourth-order valence-corrected chi connectivity index (χ4v) is 4.30. The third kappa shape index (κ3) is 8.56. The van der Waals surface area contributed by atoms with Crippen molar-refractivity contribution in [3.05, 3.63) is 57.0 Å². The van der Waals surface area contributed by atoms with Crippen molar-refractivity contribution < 1.29 is 19.0 Å². The number of carbonyl (C=O) groups is 1. The van der Waals surface area contributed by atoms with Crippen molar-refractivity contribution >= 4 is 49.6 Å². The van der Waals surface area contributed by atoms with Gasteiger partial charge in [-0.05, 0) is 90.7 Å². The molecule has 0 aliphatic carbocycles. The van der Waals surface area contributed by atoms with Gasteiger partial charge in [0.1, 0.15) is 50.8 Å². The number of alkyl carbamates (subject to hydrolysis) is 1. The first-order chi connectivity index (χ1) is 17.3. The molecule has 1 amide bonds. The Morgan fingerprint density at radius 3 is 1.95 bits per heavy atom. The fraction of sp³-hybridized carbons (Fsp3) is 0.480. The largest absolute Gasteiger partial charge is 0.444 e. The molecule has 0 saturated carbocycles. The molecule has 3 N–H and O–H groups in total. The summed E-state index contributed by atoms with van der Waals surface area (Å²) < 4.78 is 17.7. The monoisotopic (exact) mass is 638 g/mol. The molecule has 200 valence electrons. The van der Waals surface area contributed by atoms with Crippen LogP contribution in [0.2, 0.25) is 0 Å². The molecule has 0 fully saturated rings. The van der Waals surface area contributed by atoms with Crippen molar-refractivity contribution in [1.29, 1.82) is 0 Å². The molecule has 0 saturated heterocycles. The zero-order valence-electron chi connectivity index (χ0n) is 21.5. The van der Waals surface area contributed by atoms with Gasteiger partial charge in [-0.25, -0.2) is 14.8 Å². The first-order valence-electron chi connectivity index (χ1n) is 11.6. The lowest BCUT2D eigenvalue weighted by Gasteiger charge is -2.30. The number of hydrogen-bond donors (Lipinski definition) is 2. The molecule has 37 heavy (non-hydrogen) atoms. The number of carbonyl (C=O) groups excluding carboxylic acids is 1. The molecule has 2 aliphatic rings. The minimum absolute atomic E-state index is 0.239. The highest BCUT2D eigenvalue weighted by Gasteiger charge is 2.33. The Bertz CT molecular complexity index is 1190. The Balaban J connectivity index is 0.000000220. The molecular formula is C25H32Br2N6O4. The lowest BCUT2D eigenvalue weighted by Crippen LogP contribution is -2.44. The van der Waals surface area contributed by atoms with Gasteiger partial charge in [-0.15, -0.1) is 0 Å². The van der Waals surface area contributed by atoms with Gasteiger partial charge in [0.05, 0.1) is 24.6 Å². The Kier molecular flexibility index (Phi) is 9.43. The predicted octanol–water partition coefficient (Wildman–Crippen LogP) is 4.46. The second-order valence-electron chi connectivity index (χ2n) is 10.0. The van der Waals surface area contributed by atoms with E-state index in [0.29, 0.717) is 31.5 Å². The minimum Gasteiger partial charge on any atom is -0.444 e. The molecule has 2 unspecified atom stereocenters. The molecule has 2 aromatic rings. The second kappa shape index (κ2) is 12.0. The Morgan fingerprint density at radius 2 is 1.46 bits per heavy atom. The molecule has 0 radical (unpaired) electrons. The summed E-state index contributed by atoms with van der Waals surface area (Å²) in [7, 11) is 0. The maximum Gasteiger partial charge on any atom is 0.413 e. The molecule has 12 heteroatoms. The highest BCUT2D eigenvalue weighted by atomic mass is 79.9. The van der Waals surface area contributed by atoms with Crippen LogP contribution < -0.4 is 11.1 Å². The molecule has 0 bridgehead atoms. The summed E-state index contributed by atoms with van der Waals surface area (Å²) in [5.74, 6) is 0.954. The van der Waals surface area contributed by atoms with Crippen molar-refractivity contribution in [3.63, 3.8) is 0 Å². The van der Waals surface area contributed by atoms with Crippen LogP contribution in [0.3, 0.4) is 0 Å². The van der Waals surface area contributed by atoms with Crippen LogP contribution in [0.25, 0.3) is 0 Å². The lowest BCUT2D eigenvalue weighted by atomic mass is 9.98. The van der Waals surface area contributed by atoms with Gasteiger partial charge in [0, 0.05) is 0 Å². The number of halogens is 2. The van der Waals surface area contributed by atoms with Crippen LogP contribution in [0.1, 0.15) is 46.0 Å². The summed E-state index contributed by atoms with van der Waals surface area (Å²) in [6, 6.07) is 11.4. The van der Waals surface area contributed by atoms with Crippen LogP contribution in [0.15, 0.2) is 55.6 Å². The van der Waals surface area contributed by atoms with E-state index in [4.69, 9.17) is 19.9 Å². The number of aromatic nitrogens is 2. The molecule has 0 aromatic carbocycles. The highest BCUT2D eigenvalue weighted by molar-refractivity contribution is 9.10. The lowest BCUT2D eigenvalue weighted by molar-refractivity contribution is 0.0542. The molecule has 4 rings (SSSR count). The Hall–Kier alpha value is -2.41. The number of amidine groups is 2. The number of aliphatic imine (C=N–C) groups is 2. The van der Waals surface area contributed by atoms with Crippen molar-refractivity contribution in [2.45, 2.75) is 51.3 Å². The summed E-state index contributed by atoms with van der Waals surface area (Å²) in [6.07, 6.45) is -0.540. The van der Waals surface area contributed by atoms with Crippen LogP contribution in [0.4, 0.5) is 4.79 Å². The normalized spacial score (nSPS) is 23.6. The number of ether oxygens (including phenoxy) is 3. The first kappa shape index (κ1) is 29.2. The molecule has 2 atom stereocenters. The van der Waals surface area contributed by atoms with E-state index in [9.17, 15) is 4.79 Å². The Labute approximate surface area is 233 Å². The number of pyridine rings is 2. The van der Waals surface area contributed by atoms with Crippen molar-refractivity contribution in [3.8, 4) is 0 Å². The first-order valence-corrected chi connectivity index (χ1v) is 13.2. The molecule has 2 aliphatic heterocycles. The van der Waals surface area contributed by atoms with Gasteiger partial charge in [0.15, 0.2) is 0 Å². The molecular weight excluding hydrogens is 608 g/mol. The topological polar surface area (TPSA) is 133 Å². The maximum atomic E-state index is 11.8. The van der Waals surface area contributed by atoms with Crippen molar-refractivity contribution in [2.75, 3.05) is 26.4 Å². The van der Waals surface area contributed by atoms with Crippen LogP contribution in [0, 0.1) is 0 Å². The maximum absolute atomic E-state index is 11.8. The molecule has 2 aromatic heterocycles. The van der Waals surface area contributed by atoms with Crippen LogP contribution in [-0.2, 0) is 25.3 Å². The van der Waals surface area contributed by atoms with Gasteiger partial charge in [-0.3, -0.25) is 15.3 Å². The SMILES string of the molecule is CC(C)(C)OC(=O)NC1=NC(C)(c2cccc(Br)n2)COC1.CC1(c2cccc(Br)n2)COCC(N)=N1. The third-order valence-corrected chi connectivity index (χ3v) is 6.09. The second-order valence-corrected chi connectivity index (χ2v) is 11.6. The number of hydrogen-bond acceptors (Lipinski definition) is 9. The zero-order valence-corrected chi connectivity index (χ0v) is 24.7. The average Bonchev–Trinajstić information content (AvgIpc) is 2.78. The number of rotatable bonds is 2. The summed E-state index contributed by atoms with van der Waals surface area (Å²) in [4.78, 5) is 29.6. The quantitative estimate of drug-likeness (QED) is 0.464. The Morgan fingerprint density at radius 1 is 0.946 bits per heavy atom. The zero-order chi connectivity index (χ0) is 27.3. The fourth-order valence-electron chi connectivity index (χ4n) is 3.61. The van der Waals surface area contributed by atoms with Gasteiger partial charge < -0.3 is 19.9 Å². The van der Waals surface area contributed by atoms with Gasteiger partial charge in [0.2, 0.25) is 0 Å². The molecule has 4 heterocycles. The van der Waals surface area contributed by atoms with E-state index < -0.39 is 22.8 Å². The highest BCUT2D eigenvalue weighted by Crippen LogP contribution is 2.28. The molecule has 0 spiro atoms. The van der Waals surface area contributed by atoms with Crippen LogP contribution in [-0.4, -0.2) is 59.8 Å². The van der Waals surface area contributed by atoms with E-state index >= 15 is 0 Å². The molecule has 10 nitrogen and oxygen atoms in total. The minimum atomic E-state index is -0.646. The summed E-state index contributed by atoms with van der Waals surface area (Å²) >= 11 is 6.69. The number of nitrogens with two attached hydrogens (primary N) is 1. The van der Waals surface area contributed by atoms with E-state index in [1.807, 2.05) is 50.2 Å². The third-order valence-electron chi connectivity index (χ3n) is 5.21. The smallest absolute Gasteiger partial charge is 0.413 e. The predicted molar refractivity (Wildman–Crippen MR) is 149 cm³/mol. The van der Waals surface area contributed by atoms with Crippen molar-refractivity contribution in [2.24, 2.45) is 15.7 Å². The van der Waals surface area contributed by atoms with Crippen LogP contribution in [0.5, 0.6) is 0 Å². The number of amides is 1. The van der Waals surface area contributed by atoms with E-state index in [0.717, 1.165) is 20.6 Å². The standard InChI is InChI=1S/C15H20BrN3O3.C10H12BrN3O/c1-14(2,3)22-13(20)18-12-8-21-9-15(4,19-12)10-6-5-7-11(16)17-10;1-10(6-15-5-9(12)14-10)7-3-2-4-8(11)13-7/h5-7H,8-9H2,1-4H3,(H,18,19,20);2-4H,5-6H2,1H3,(H2,12,14). The summed E-state index contributed by atoms with van der Waals surface area (Å²) in [5, 5.41) is 2.64. The summed E-state index contributed by atoms with van der Waals surface area (Å²) in [6.45, 7) is 10.9. The van der Waals surface area contributed by atoms with E-state index in [1.54, 1.807) is 20.8 Å². The average molecular weight is 640 g/mol. The van der Waals surface area contributed by atoms with E-state index in [1.165, 1.54) is 0 Å². The van der Waals surface area contributed by atoms with Gasteiger partial charge >= 0.3 is 6.09 Å². The van der Waals surface area contributed by atoms with E-state index in [-0.39, 0.29) is 6.61 Å². The summed E-state index contributed by atoms with van der Waals surface area (Å²) in [5.41, 5.74) is 5.63.